The fraction of sp³-hybridized carbons (Fsp3) is 0.238. The molecule has 2 aromatic carbocycles. The van der Waals surface area contributed by atoms with Crippen LogP contribution in [0.4, 0.5) is 5.13 Å². The fourth-order valence-corrected chi connectivity index (χ4v) is 5.61. The molecule has 0 spiro atoms. The molecule has 0 aliphatic carbocycles. The lowest BCUT2D eigenvalue weighted by atomic mass is 10.1. The number of thiazole rings is 1. The van der Waals surface area contributed by atoms with Crippen molar-refractivity contribution in [1.82, 2.24) is 9.71 Å². The Morgan fingerprint density at radius 1 is 1.21 bits per heavy atom. The lowest BCUT2D eigenvalue weighted by Gasteiger charge is -2.17. The number of carbonyl (C=O) groups is 1. The quantitative estimate of drug-likeness (QED) is 0.430. The molecule has 4 rings (SSSR count). The Kier molecular flexibility index (Phi) is 7.45. The Bertz CT molecular complexity index is 1250. The third kappa shape index (κ3) is 5.79. The number of hydrogen-bond acceptors (Lipinski definition) is 8. The van der Waals surface area contributed by atoms with Crippen LogP contribution in [0.3, 0.4) is 0 Å². The lowest BCUT2D eigenvalue weighted by molar-refractivity contribution is -0.117. The van der Waals surface area contributed by atoms with Gasteiger partial charge in [-0.15, -0.1) is 11.3 Å². The number of thioether (sulfide) groups is 1. The van der Waals surface area contributed by atoms with E-state index in [0.717, 1.165) is 5.56 Å². The summed E-state index contributed by atoms with van der Waals surface area (Å²) in [5.41, 5.74) is 1.48. The second-order valence-corrected chi connectivity index (χ2v) is 11.0. The third-order valence-electron chi connectivity index (χ3n) is 4.75. The highest BCUT2D eigenvalue weighted by Gasteiger charge is 2.26. The number of sulfonamides is 1. The van der Waals surface area contributed by atoms with Crippen LogP contribution >= 0.6 is 34.7 Å². The summed E-state index contributed by atoms with van der Waals surface area (Å²) in [4.78, 5) is 17.4. The van der Waals surface area contributed by atoms with E-state index in [1.807, 2.05) is 23.8 Å². The van der Waals surface area contributed by atoms with Crippen molar-refractivity contribution in [1.29, 1.82) is 0 Å². The second kappa shape index (κ2) is 10.3. The molecule has 0 unspecified atom stereocenters. The van der Waals surface area contributed by atoms with Crippen molar-refractivity contribution in [3.8, 4) is 22.8 Å². The van der Waals surface area contributed by atoms with E-state index in [1.165, 1.54) is 47.4 Å². The first kappa shape index (κ1) is 23.8. The number of fused-ring (bicyclic) bond motifs is 1. The minimum Gasteiger partial charge on any atom is -0.454 e. The van der Waals surface area contributed by atoms with Crippen molar-refractivity contribution < 1.29 is 22.7 Å². The predicted octanol–water partition coefficient (Wildman–Crippen LogP) is 4.23. The molecule has 2 heterocycles. The molecule has 12 heteroatoms. The van der Waals surface area contributed by atoms with Crippen LogP contribution in [0.15, 0.2) is 52.7 Å². The Hall–Kier alpha value is -2.31. The number of aromatic nitrogens is 1. The van der Waals surface area contributed by atoms with Crippen molar-refractivity contribution in [2.24, 2.45) is 0 Å². The lowest BCUT2D eigenvalue weighted by Crippen LogP contribution is -2.44. The predicted molar refractivity (Wildman–Crippen MR) is 131 cm³/mol. The molecule has 174 valence electrons. The standard InChI is InChI=1S/C21H20ClN3O5S3/c1-31-9-8-16(25-33(27,28)15-5-3-14(22)4-6-15)20(26)24-21-23-17(11-32-21)13-2-7-18-19(10-13)30-12-29-18/h2-7,10-11,16,25H,8-9,12H2,1H3,(H,23,24,26)/t16-/m1/s1. The van der Waals surface area contributed by atoms with Gasteiger partial charge in [0.2, 0.25) is 22.7 Å². The molecule has 8 nitrogen and oxygen atoms in total. The van der Waals surface area contributed by atoms with E-state index in [1.54, 1.807) is 6.07 Å². The van der Waals surface area contributed by atoms with E-state index in [0.29, 0.717) is 39.5 Å². The topological polar surface area (TPSA) is 107 Å². The first-order valence-corrected chi connectivity index (χ1v) is 13.9. The van der Waals surface area contributed by atoms with Gasteiger partial charge in [0, 0.05) is 16.0 Å². The molecule has 0 fully saturated rings. The average Bonchev–Trinajstić information content (AvgIpc) is 3.45. The molecule has 1 aliphatic heterocycles. The summed E-state index contributed by atoms with van der Waals surface area (Å²) in [6.07, 6.45) is 2.21. The van der Waals surface area contributed by atoms with Crippen molar-refractivity contribution in [2.75, 3.05) is 24.1 Å². The van der Waals surface area contributed by atoms with Gasteiger partial charge in [0.15, 0.2) is 16.6 Å². The maximum atomic E-state index is 12.9. The van der Waals surface area contributed by atoms with E-state index in [4.69, 9.17) is 21.1 Å². The van der Waals surface area contributed by atoms with Gasteiger partial charge in [-0.2, -0.15) is 16.5 Å². The summed E-state index contributed by atoms with van der Waals surface area (Å²) in [7, 11) is -3.91. The number of benzene rings is 2. The van der Waals surface area contributed by atoms with E-state index in [9.17, 15) is 13.2 Å². The Labute approximate surface area is 204 Å². The molecule has 0 radical (unpaired) electrons. The van der Waals surface area contributed by atoms with Gasteiger partial charge in [-0.3, -0.25) is 4.79 Å². The van der Waals surface area contributed by atoms with Crippen molar-refractivity contribution in [3.63, 3.8) is 0 Å². The molecule has 33 heavy (non-hydrogen) atoms. The number of halogens is 1. The summed E-state index contributed by atoms with van der Waals surface area (Å²) in [6, 6.07) is 10.3. The van der Waals surface area contributed by atoms with Crippen molar-refractivity contribution in [3.05, 3.63) is 52.9 Å². The molecular weight excluding hydrogens is 506 g/mol. The number of nitrogens with one attached hydrogen (secondary N) is 2. The highest BCUT2D eigenvalue weighted by molar-refractivity contribution is 7.98. The van der Waals surface area contributed by atoms with Crippen LogP contribution in [-0.2, 0) is 14.8 Å². The van der Waals surface area contributed by atoms with Crippen LogP contribution in [0.25, 0.3) is 11.3 Å². The summed E-state index contributed by atoms with van der Waals surface area (Å²) in [5.74, 6) is 1.43. The molecule has 3 aromatic rings. The summed E-state index contributed by atoms with van der Waals surface area (Å²) in [6.45, 7) is 0.181. The van der Waals surface area contributed by atoms with Crippen molar-refractivity contribution >= 4 is 55.8 Å². The first-order chi connectivity index (χ1) is 15.9. The summed E-state index contributed by atoms with van der Waals surface area (Å²) < 4.78 is 38.8. The zero-order valence-electron chi connectivity index (χ0n) is 17.4. The zero-order valence-corrected chi connectivity index (χ0v) is 20.6. The van der Waals surface area contributed by atoms with Crippen LogP contribution < -0.4 is 19.5 Å². The maximum absolute atomic E-state index is 12.9. The maximum Gasteiger partial charge on any atom is 0.244 e. The molecule has 1 aliphatic rings. The molecule has 1 amide bonds. The van der Waals surface area contributed by atoms with Crippen LogP contribution in [0, 0.1) is 0 Å². The molecule has 1 aromatic heterocycles. The van der Waals surface area contributed by atoms with Gasteiger partial charge >= 0.3 is 0 Å². The molecule has 0 saturated heterocycles. The Morgan fingerprint density at radius 2 is 1.97 bits per heavy atom. The van der Waals surface area contributed by atoms with Crippen LogP contribution in [0.5, 0.6) is 11.5 Å². The Morgan fingerprint density at radius 3 is 2.73 bits per heavy atom. The van der Waals surface area contributed by atoms with E-state index in [-0.39, 0.29) is 11.7 Å². The van der Waals surface area contributed by atoms with E-state index < -0.39 is 22.0 Å². The van der Waals surface area contributed by atoms with Gasteiger partial charge in [-0.25, -0.2) is 13.4 Å². The SMILES string of the molecule is CSCC[C@@H](NS(=O)(=O)c1ccc(Cl)cc1)C(=O)Nc1nc(-c2ccc3c(c2)OCO3)cs1. The van der Waals surface area contributed by atoms with Gasteiger partial charge in [-0.05, 0) is 60.9 Å². The van der Waals surface area contributed by atoms with E-state index in [2.05, 4.69) is 15.0 Å². The van der Waals surface area contributed by atoms with E-state index >= 15 is 0 Å². The van der Waals surface area contributed by atoms with Gasteiger partial charge in [0.05, 0.1) is 10.6 Å². The number of ether oxygens (including phenoxy) is 2. The monoisotopic (exact) mass is 525 g/mol. The first-order valence-electron chi connectivity index (χ1n) is 9.79. The van der Waals surface area contributed by atoms with Crippen molar-refractivity contribution in [2.45, 2.75) is 17.4 Å². The largest absolute Gasteiger partial charge is 0.454 e. The molecule has 2 N–H and O–H groups in total. The zero-order chi connectivity index (χ0) is 23.4. The molecule has 1 atom stereocenters. The summed E-state index contributed by atoms with van der Waals surface area (Å²) in [5, 5.41) is 5.33. The van der Waals surface area contributed by atoms with Gasteiger partial charge in [0.1, 0.15) is 6.04 Å². The minimum absolute atomic E-state index is 0.0354. The summed E-state index contributed by atoms with van der Waals surface area (Å²) >= 11 is 8.62. The highest BCUT2D eigenvalue weighted by atomic mass is 35.5. The van der Waals surface area contributed by atoms with Crippen LogP contribution in [-0.4, -0.2) is 44.2 Å². The molecular formula is C21H20ClN3O5S3. The van der Waals surface area contributed by atoms with Gasteiger partial charge in [0.25, 0.3) is 0 Å². The number of amides is 1. The average molecular weight is 526 g/mol. The normalized spacial score (nSPS) is 13.6. The molecule has 0 bridgehead atoms. The number of hydrogen-bond donors (Lipinski definition) is 2. The highest BCUT2D eigenvalue weighted by Crippen LogP contribution is 2.36. The fourth-order valence-electron chi connectivity index (χ4n) is 3.06. The van der Waals surface area contributed by atoms with Gasteiger partial charge < -0.3 is 14.8 Å². The number of anilines is 1. The number of rotatable bonds is 9. The Balaban J connectivity index is 1.48. The third-order valence-corrected chi connectivity index (χ3v) is 7.89. The smallest absolute Gasteiger partial charge is 0.244 e. The number of carbonyl (C=O) groups excluding carboxylic acids is 1. The molecule has 0 saturated carbocycles. The van der Waals surface area contributed by atoms with Crippen LogP contribution in [0.2, 0.25) is 5.02 Å². The second-order valence-electron chi connectivity index (χ2n) is 7.00. The van der Waals surface area contributed by atoms with Gasteiger partial charge in [-0.1, -0.05) is 11.6 Å². The minimum atomic E-state index is -3.91. The number of nitrogens with zero attached hydrogens (tertiary/aromatic N) is 1. The van der Waals surface area contributed by atoms with Crippen LogP contribution in [0.1, 0.15) is 6.42 Å².